The molecule has 0 aromatic heterocycles. The zero-order valence-electron chi connectivity index (χ0n) is 14.0. The van der Waals surface area contributed by atoms with Crippen molar-refractivity contribution in [1.29, 1.82) is 0 Å². The molecule has 1 fully saturated rings. The van der Waals surface area contributed by atoms with E-state index in [1.165, 1.54) is 51.6 Å². The van der Waals surface area contributed by atoms with E-state index in [2.05, 4.69) is 25.7 Å². The molecule has 0 N–H and O–H groups in total. The van der Waals surface area contributed by atoms with Gasteiger partial charge in [0.15, 0.2) is 0 Å². The van der Waals surface area contributed by atoms with Crippen molar-refractivity contribution in [3.05, 3.63) is 0 Å². The Morgan fingerprint density at radius 3 is 2.25 bits per heavy atom. The first-order valence-electron chi connectivity index (χ1n) is 8.96. The van der Waals surface area contributed by atoms with Gasteiger partial charge < -0.3 is 4.90 Å². The lowest BCUT2D eigenvalue weighted by Crippen LogP contribution is -2.37. The van der Waals surface area contributed by atoms with E-state index in [4.69, 9.17) is 0 Å². The highest BCUT2D eigenvalue weighted by atomic mass is 16.1. The first-order valence-corrected chi connectivity index (χ1v) is 8.96. The molecule has 20 heavy (non-hydrogen) atoms. The smallest absolute Gasteiger partial charge is 0.137 e. The molecule has 1 aliphatic rings. The first kappa shape index (κ1) is 17.7. The standard InChI is InChI=1S/C18H35NO/c1-4-7-12-19(13-8-5-2)15-17-14-16(9-6-3)10-11-18(17)20/h16-17H,4-15H2,1-3H3. The van der Waals surface area contributed by atoms with E-state index in [-0.39, 0.29) is 0 Å². The molecule has 1 aliphatic carbocycles. The molecule has 0 aromatic carbocycles. The zero-order valence-corrected chi connectivity index (χ0v) is 14.0. The molecule has 1 rings (SSSR count). The quantitative estimate of drug-likeness (QED) is 0.580. The summed E-state index contributed by atoms with van der Waals surface area (Å²) in [6, 6.07) is 0. The van der Waals surface area contributed by atoms with Crippen LogP contribution < -0.4 is 0 Å². The number of carbonyl (C=O) groups is 1. The molecule has 0 amide bonds. The Bertz CT molecular complexity index is 256. The van der Waals surface area contributed by atoms with E-state index in [0.29, 0.717) is 11.7 Å². The van der Waals surface area contributed by atoms with E-state index < -0.39 is 0 Å². The normalized spacial score (nSPS) is 23.5. The highest BCUT2D eigenvalue weighted by Gasteiger charge is 2.29. The number of Topliss-reactive ketones (excluding diaryl/α,β-unsaturated/α-hetero) is 1. The second kappa shape index (κ2) is 10.4. The second-order valence-corrected chi connectivity index (χ2v) is 6.60. The van der Waals surface area contributed by atoms with Crippen LogP contribution in [0.2, 0.25) is 0 Å². The molecule has 0 bridgehead atoms. The lowest BCUT2D eigenvalue weighted by Gasteiger charge is -2.32. The minimum Gasteiger partial charge on any atom is -0.303 e. The minimum atomic E-state index is 0.328. The van der Waals surface area contributed by atoms with Gasteiger partial charge in [-0.25, -0.2) is 0 Å². The van der Waals surface area contributed by atoms with E-state index in [0.717, 1.165) is 31.7 Å². The Morgan fingerprint density at radius 1 is 1.05 bits per heavy atom. The molecule has 1 saturated carbocycles. The summed E-state index contributed by atoms with van der Waals surface area (Å²) in [6.07, 6.45) is 10.7. The molecule has 118 valence electrons. The van der Waals surface area contributed by atoms with Crippen LogP contribution in [0.1, 0.15) is 78.6 Å². The number of rotatable bonds is 10. The predicted molar refractivity (Wildman–Crippen MR) is 87.0 cm³/mol. The molecule has 0 aliphatic heterocycles. The molecule has 0 aromatic rings. The van der Waals surface area contributed by atoms with Crippen molar-refractivity contribution < 1.29 is 4.79 Å². The Balaban J connectivity index is 2.47. The van der Waals surface area contributed by atoms with Gasteiger partial charge >= 0.3 is 0 Å². The number of unbranched alkanes of at least 4 members (excludes halogenated alkanes) is 2. The van der Waals surface area contributed by atoms with Crippen molar-refractivity contribution in [3.63, 3.8) is 0 Å². The van der Waals surface area contributed by atoms with Crippen molar-refractivity contribution in [2.75, 3.05) is 19.6 Å². The number of ketones is 1. The first-order chi connectivity index (χ1) is 9.71. The summed E-state index contributed by atoms with van der Waals surface area (Å²) < 4.78 is 0. The number of hydrogen-bond donors (Lipinski definition) is 0. The summed E-state index contributed by atoms with van der Waals surface area (Å²) in [7, 11) is 0. The van der Waals surface area contributed by atoms with Gasteiger partial charge in [0.2, 0.25) is 0 Å². The third kappa shape index (κ3) is 6.39. The lowest BCUT2D eigenvalue weighted by molar-refractivity contribution is -0.126. The molecular weight excluding hydrogens is 246 g/mol. The van der Waals surface area contributed by atoms with Crippen LogP contribution in [0.15, 0.2) is 0 Å². The molecule has 2 atom stereocenters. The molecule has 0 radical (unpaired) electrons. The maximum Gasteiger partial charge on any atom is 0.137 e. The predicted octanol–water partition coefficient (Wildman–Crippen LogP) is 4.67. The molecule has 0 heterocycles. The molecular formula is C18H35NO. The van der Waals surface area contributed by atoms with Crippen LogP contribution in [0.5, 0.6) is 0 Å². The van der Waals surface area contributed by atoms with Crippen molar-refractivity contribution in [3.8, 4) is 0 Å². The Labute approximate surface area is 126 Å². The molecule has 2 unspecified atom stereocenters. The van der Waals surface area contributed by atoms with Crippen LogP contribution in [0.3, 0.4) is 0 Å². The summed E-state index contributed by atoms with van der Waals surface area (Å²) >= 11 is 0. The molecule has 2 heteroatoms. The van der Waals surface area contributed by atoms with Crippen molar-refractivity contribution in [2.24, 2.45) is 11.8 Å². The van der Waals surface area contributed by atoms with Gasteiger partial charge in [-0.05, 0) is 44.7 Å². The van der Waals surface area contributed by atoms with Crippen molar-refractivity contribution >= 4 is 5.78 Å². The molecule has 2 nitrogen and oxygen atoms in total. The van der Waals surface area contributed by atoms with Crippen LogP contribution in [0.4, 0.5) is 0 Å². The SMILES string of the molecule is CCCCN(CCCC)CC1CC(CCC)CCC1=O. The fourth-order valence-electron chi connectivity index (χ4n) is 3.42. The summed E-state index contributed by atoms with van der Waals surface area (Å²) in [5, 5.41) is 0. The monoisotopic (exact) mass is 281 g/mol. The van der Waals surface area contributed by atoms with Crippen LogP contribution in [-0.4, -0.2) is 30.3 Å². The minimum absolute atomic E-state index is 0.328. The Morgan fingerprint density at radius 2 is 1.70 bits per heavy atom. The molecule has 0 spiro atoms. The Hall–Kier alpha value is -0.370. The number of carbonyl (C=O) groups excluding carboxylic acids is 1. The number of nitrogens with zero attached hydrogens (tertiary/aromatic N) is 1. The molecule has 0 saturated heterocycles. The van der Waals surface area contributed by atoms with Gasteiger partial charge in [-0.3, -0.25) is 4.79 Å². The lowest BCUT2D eigenvalue weighted by atomic mass is 9.78. The highest BCUT2D eigenvalue weighted by molar-refractivity contribution is 5.81. The van der Waals surface area contributed by atoms with E-state index in [9.17, 15) is 4.79 Å². The van der Waals surface area contributed by atoms with E-state index >= 15 is 0 Å². The third-order valence-electron chi connectivity index (χ3n) is 4.70. The topological polar surface area (TPSA) is 20.3 Å². The summed E-state index contributed by atoms with van der Waals surface area (Å²) in [5.41, 5.74) is 0. The van der Waals surface area contributed by atoms with Crippen LogP contribution in [0.25, 0.3) is 0 Å². The zero-order chi connectivity index (χ0) is 14.8. The fourth-order valence-corrected chi connectivity index (χ4v) is 3.42. The van der Waals surface area contributed by atoms with Crippen LogP contribution >= 0.6 is 0 Å². The van der Waals surface area contributed by atoms with E-state index in [1.54, 1.807) is 0 Å². The number of hydrogen-bond acceptors (Lipinski definition) is 2. The van der Waals surface area contributed by atoms with Gasteiger partial charge in [0, 0.05) is 18.9 Å². The van der Waals surface area contributed by atoms with Gasteiger partial charge in [-0.1, -0.05) is 46.5 Å². The third-order valence-corrected chi connectivity index (χ3v) is 4.70. The van der Waals surface area contributed by atoms with Gasteiger partial charge in [0.25, 0.3) is 0 Å². The summed E-state index contributed by atoms with van der Waals surface area (Å²) in [5.74, 6) is 1.67. The maximum atomic E-state index is 12.2. The van der Waals surface area contributed by atoms with E-state index in [1.807, 2.05) is 0 Å². The van der Waals surface area contributed by atoms with Gasteiger partial charge in [-0.2, -0.15) is 0 Å². The maximum absolute atomic E-state index is 12.2. The highest BCUT2D eigenvalue weighted by Crippen LogP contribution is 2.30. The largest absolute Gasteiger partial charge is 0.303 e. The average molecular weight is 281 g/mol. The van der Waals surface area contributed by atoms with Crippen LogP contribution in [0, 0.1) is 11.8 Å². The summed E-state index contributed by atoms with van der Waals surface area (Å²) in [6.45, 7) is 10.2. The van der Waals surface area contributed by atoms with Crippen molar-refractivity contribution in [2.45, 2.75) is 78.6 Å². The van der Waals surface area contributed by atoms with Gasteiger partial charge in [0.1, 0.15) is 5.78 Å². The second-order valence-electron chi connectivity index (χ2n) is 6.60. The average Bonchev–Trinajstić information content (AvgIpc) is 2.45. The van der Waals surface area contributed by atoms with Gasteiger partial charge in [-0.15, -0.1) is 0 Å². The Kier molecular flexibility index (Phi) is 9.17. The van der Waals surface area contributed by atoms with Crippen molar-refractivity contribution in [1.82, 2.24) is 4.90 Å². The van der Waals surface area contributed by atoms with Gasteiger partial charge in [0.05, 0.1) is 0 Å². The summed E-state index contributed by atoms with van der Waals surface area (Å²) in [4.78, 5) is 14.8. The fraction of sp³-hybridized carbons (Fsp3) is 0.944. The van der Waals surface area contributed by atoms with Crippen LogP contribution in [-0.2, 0) is 4.79 Å².